The van der Waals surface area contributed by atoms with E-state index in [-0.39, 0.29) is 0 Å². The minimum absolute atomic E-state index is 0.341. The van der Waals surface area contributed by atoms with E-state index in [1.807, 2.05) is 6.07 Å². The average Bonchev–Trinajstić information content (AvgIpc) is 2.50. The first-order valence-electron chi connectivity index (χ1n) is 7.48. The molecule has 0 amide bonds. The van der Waals surface area contributed by atoms with Crippen molar-refractivity contribution in [3.63, 3.8) is 0 Å². The highest BCUT2D eigenvalue weighted by atomic mass is 79.9. The fraction of sp³-hybridized carbons (Fsp3) is 0.333. The van der Waals surface area contributed by atoms with Crippen molar-refractivity contribution in [3.05, 3.63) is 63.0 Å². The Bertz CT molecular complexity index is 534. The first-order valence-corrected chi connectivity index (χ1v) is 9.06. The van der Waals surface area contributed by atoms with Crippen LogP contribution < -0.4 is 5.32 Å². The Morgan fingerprint density at radius 1 is 0.905 bits per heavy atom. The minimum atomic E-state index is 0.341. The molecule has 0 aromatic heterocycles. The van der Waals surface area contributed by atoms with Crippen LogP contribution in [0.2, 0.25) is 0 Å². The maximum absolute atomic E-state index is 3.70. The highest BCUT2D eigenvalue weighted by Gasteiger charge is 2.14. The quantitative estimate of drug-likeness (QED) is 0.487. The number of hydrogen-bond donors (Lipinski definition) is 1. The van der Waals surface area contributed by atoms with Gasteiger partial charge in [-0.05, 0) is 56.0 Å². The lowest BCUT2D eigenvalue weighted by Gasteiger charge is -2.22. The summed E-state index contributed by atoms with van der Waals surface area (Å²) in [6.45, 7) is 2.25. The Kier molecular flexibility index (Phi) is 6.78. The summed E-state index contributed by atoms with van der Waals surface area (Å²) in [5.74, 6) is 0. The van der Waals surface area contributed by atoms with E-state index in [2.05, 4.69) is 86.6 Å². The molecule has 0 spiro atoms. The molecule has 3 heteroatoms. The van der Waals surface area contributed by atoms with E-state index >= 15 is 0 Å². The summed E-state index contributed by atoms with van der Waals surface area (Å²) < 4.78 is 2.18. The van der Waals surface area contributed by atoms with Crippen LogP contribution in [0.5, 0.6) is 0 Å². The molecular weight excluding hydrogens is 390 g/mol. The van der Waals surface area contributed by atoms with Gasteiger partial charge in [-0.3, -0.25) is 0 Å². The van der Waals surface area contributed by atoms with E-state index in [0.717, 1.165) is 21.1 Å². The molecule has 2 aromatic carbocycles. The Morgan fingerprint density at radius 2 is 1.57 bits per heavy atom. The summed E-state index contributed by atoms with van der Waals surface area (Å²) in [6.07, 6.45) is 4.92. The standard InChI is InChI=1S/C18H21Br2N/c1-2-3-5-13-17(14-9-6-4-7-10-14)21-18-15(19)11-8-12-16(18)20/h4,6-12,17,21H,2-3,5,13H2,1H3. The molecule has 2 rings (SSSR count). The second-order valence-corrected chi connectivity index (χ2v) is 6.91. The van der Waals surface area contributed by atoms with Crippen LogP contribution in [-0.2, 0) is 0 Å². The summed E-state index contributed by atoms with van der Waals surface area (Å²) in [5.41, 5.74) is 2.47. The van der Waals surface area contributed by atoms with Crippen LogP contribution >= 0.6 is 31.9 Å². The highest BCUT2D eigenvalue weighted by Crippen LogP contribution is 2.35. The van der Waals surface area contributed by atoms with Gasteiger partial charge in [-0.15, -0.1) is 0 Å². The van der Waals surface area contributed by atoms with Crippen LogP contribution in [-0.4, -0.2) is 0 Å². The predicted octanol–water partition coefficient (Wildman–Crippen LogP) is 6.95. The Morgan fingerprint density at radius 3 is 2.19 bits per heavy atom. The Balaban J connectivity index is 2.19. The van der Waals surface area contributed by atoms with Crippen molar-refractivity contribution in [2.75, 3.05) is 5.32 Å². The number of rotatable bonds is 7. The summed E-state index contributed by atoms with van der Waals surface area (Å²) >= 11 is 7.28. The van der Waals surface area contributed by atoms with Crippen LogP contribution in [0.4, 0.5) is 5.69 Å². The van der Waals surface area contributed by atoms with Gasteiger partial charge in [0.25, 0.3) is 0 Å². The lowest BCUT2D eigenvalue weighted by Crippen LogP contribution is -2.11. The van der Waals surface area contributed by atoms with Gasteiger partial charge in [0.05, 0.1) is 11.7 Å². The van der Waals surface area contributed by atoms with Gasteiger partial charge in [-0.2, -0.15) is 0 Å². The normalized spacial score (nSPS) is 12.1. The van der Waals surface area contributed by atoms with Crippen LogP contribution in [0.1, 0.15) is 44.2 Å². The third-order valence-corrected chi connectivity index (χ3v) is 4.90. The van der Waals surface area contributed by atoms with E-state index in [1.54, 1.807) is 0 Å². The van der Waals surface area contributed by atoms with Crippen LogP contribution in [0.3, 0.4) is 0 Å². The second kappa shape index (κ2) is 8.60. The number of anilines is 1. The highest BCUT2D eigenvalue weighted by molar-refractivity contribution is 9.11. The first-order chi connectivity index (χ1) is 10.2. The molecule has 0 aliphatic heterocycles. The monoisotopic (exact) mass is 409 g/mol. The van der Waals surface area contributed by atoms with Gasteiger partial charge < -0.3 is 5.32 Å². The van der Waals surface area contributed by atoms with Gasteiger partial charge >= 0.3 is 0 Å². The molecule has 0 saturated heterocycles. The molecule has 1 nitrogen and oxygen atoms in total. The zero-order valence-corrected chi connectivity index (χ0v) is 15.5. The van der Waals surface area contributed by atoms with Gasteiger partial charge in [0.1, 0.15) is 0 Å². The maximum atomic E-state index is 3.70. The molecule has 0 radical (unpaired) electrons. The molecule has 112 valence electrons. The second-order valence-electron chi connectivity index (χ2n) is 5.20. The van der Waals surface area contributed by atoms with Crippen LogP contribution in [0, 0.1) is 0 Å². The van der Waals surface area contributed by atoms with Gasteiger partial charge in [0.2, 0.25) is 0 Å². The lowest BCUT2D eigenvalue weighted by molar-refractivity contribution is 0.606. The zero-order valence-electron chi connectivity index (χ0n) is 12.3. The van der Waals surface area contributed by atoms with Crippen molar-refractivity contribution < 1.29 is 0 Å². The number of benzene rings is 2. The van der Waals surface area contributed by atoms with Crippen molar-refractivity contribution in [1.82, 2.24) is 0 Å². The van der Waals surface area contributed by atoms with E-state index in [0.29, 0.717) is 6.04 Å². The van der Waals surface area contributed by atoms with Crippen molar-refractivity contribution in [1.29, 1.82) is 0 Å². The van der Waals surface area contributed by atoms with Crippen LogP contribution in [0.15, 0.2) is 57.5 Å². The van der Waals surface area contributed by atoms with Gasteiger partial charge in [0.15, 0.2) is 0 Å². The van der Waals surface area contributed by atoms with Gasteiger partial charge in [-0.25, -0.2) is 0 Å². The molecule has 1 N–H and O–H groups in total. The molecule has 2 aromatic rings. The maximum Gasteiger partial charge on any atom is 0.0633 e. The Labute approximate surface area is 144 Å². The summed E-state index contributed by atoms with van der Waals surface area (Å²) in [6, 6.07) is 17.2. The number of hydrogen-bond acceptors (Lipinski definition) is 1. The van der Waals surface area contributed by atoms with Crippen molar-refractivity contribution in [3.8, 4) is 0 Å². The smallest absolute Gasteiger partial charge is 0.0633 e. The number of halogens is 2. The third kappa shape index (κ3) is 4.86. The van der Waals surface area contributed by atoms with Gasteiger partial charge in [-0.1, -0.05) is 62.6 Å². The molecule has 21 heavy (non-hydrogen) atoms. The molecule has 1 unspecified atom stereocenters. The third-order valence-electron chi connectivity index (χ3n) is 3.58. The molecule has 0 fully saturated rings. The van der Waals surface area contributed by atoms with E-state index in [4.69, 9.17) is 0 Å². The fourth-order valence-corrected chi connectivity index (χ4v) is 3.64. The average molecular weight is 411 g/mol. The topological polar surface area (TPSA) is 12.0 Å². The summed E-state index contributed by atoms with van der Waals surface area (Å²) in [7, 11) is 0. The molecule has 0 bridgehead atoms. The molecule has 1 atom stereocenters. The van der Waals surface area contributed by atoms with E-state index in [9.17, 15) is 0 Å². The number of unbranched alkanes of at least 4 members (excludes halogenated alkanes) is 2. The summed E-state index contributed by atoms with van der Waals surface area (Å²) in [5, 5.41) is 3.70. The molecule has 0 heterocycles. The molecule has 0 aliphatic rings. The Hall–Kier alpha value is -0.800. The van der Waals surface area contributed by atoms with Gasteiger partial charge in [0, 0.05) is 8.95 Å². The molecule has 0 aliphatic carbocycles. The largest absolute Gasteiger partial charge is 0.376 e. The SMILES string of the molecule is CCCCCC(Nc1c(Br)cccc1Br)c1ccccc1. The van der Waals surface area contributed by atoms with E-state index < -0.39 is 0 Å². The molecular formula is C18H21Br2N. The van der Waals surface area contributed by atoms with Crippen molar-refractivity contribution in [2.45, 2.75) is 38.6 Å². The minimum Gasteiger partial charge on any atom is -0.376 e. The van der Waals surface area contributed by atoms with E-state index in [1.165, 1.54) is 24.8 Å². The zero-order chi connectivity index (χ0) is 15.1. The summed E-state index contributed by atoms with van der Waals surface area (Å²) in [4.78, 5) is 0. The first kappa shape index (κ1) is 16.6. The number of nitrogens with one attached hydrogen (secondary N) is 1. The van der Waals surface area contributed by atoms with Crippen molar-refractivity contribution >= 4 is 37.5 Å². The molecule has 0 saturated carbocycles. The lowest BCUT2D eigenvalue weighted by atomic mass is 10.00. The fourth-order valence-electron chi connectivity index (χ4n) is 2.42. The van der Waals surface area contributed by atoms with Crippen LogP contribution in [0.25, 0.3) is 0 Å². The van der Waals surface area contributed by atoms with Crippen molar-refractivity contribution in [2.24, 2.45) is 0 Å². The predicted molar refractivity (Wildman–Crippen MR) is 98.8 cm³/mol. The number of para-hydroxylation sites is 1.